The Morgan fingerprint density at radius 1 is 1.33 bits per heavy atom. The summed E-state index contributed by atoms with van der Waals surface area (Å²) in [6.07, 6.45) is 1.91. The van der Waals surface area contributed by atoms with E-state index in [1.807, 2.05) is 41.8 Å². The number of carboxylic acid groups (broad SMARTS) is 1. The van der Waals surface area contributed by atoms with Crippen LogP contribution in [-0.2, 0) is 11.2 Å². The topological polar surface area (TPSA) is 61.7 Å². The van der Waals surface area contributed by atoms with Crippen LogP contribution >= 0.6 is 11.3 Å². The lowest BCUT2D eigenvalue weighted by atomic mass is 9.84. The second-order valence-electron chi connectivity index (χ2n) is 5.07. The van der Waals surface area contributed by atoms with Gasteiger partial charge < -0.3 is 5.11 Å². The lowest BCUT2D eigenvalue weighted by Gasteiger charge is -2.23. The molecule has 0 spiro atoms. The molecule has 1 aromatic carbocycles. The van der Waals surface area contributed by atoms with E-state index in [0.717, 1.165) is 29.8 Å². The number of aryl methyl sites for hydroxylation is 1. The standard InChI is InChI=1S/C16H16N2O2S/c19-15(20)10-11-6-7-14-13(8-9-21-14)16(11)18-17-12-4-2-1-3-5-12/h1-5,8-9,11,17H,6-7,10H2,(H,19,20)/b18-16+. The zero-order chi connectivity index (χ0) is 14.7. The molecule has 0 saturated carbocycles. The normalized spacial score (nSPS) is 19.2. The highest BCUT2D eigenvalue weighted by atomic mass is 32.1. The number of hydrazone groups is 1. The summed E-state index contributed by atoms with van der Waals surface area (Å²) in [6.45, 7) is 0. The number of fused-ring (bicyclic) bond motifs is 1. The molecule has 2 aromatic rings. The molecule has 0 amide bonds. The molecule has 1 aliphatic carbocycles. The molecule has 0 aliphatic heterocycles. The minimum Gasteiger partial charge on any atom is -0.481 e. The van der Waals surface area contributed by atoms with Gasteiger partial charge in [-0.15, -0.1) is 11.3 Å². The fourth-order valence-corrected chi connectivity index (χ4v) is 3.53. The number of anilines is 1. The van der Waals surface area contributed by atoms with Crippen molar-refractivity contribution in [3.05, 3.63) is 52.2 Å². The molecule has 0 fully saturated rings. The average molecular weight is 300 g/mol. The molecule has 5 heteroatoms. The fourth-order valence-electron chi connectivity index (χ4n) is 2.62. The summed E-state index contributed by atoms with van der Waals surface area (Å²) >= 11 is 1.72. The SMILES string of the molecule is O=C(O)CC1CCc2sccc2/C1=N/Nc1ccccc1. The molecule has 1 atom stereocenters. The predicted molar refractivity (Wildman–Crippen MR) is 85.0 cm³/mol. The molecule has 1 aliphatic rings. The first kappa shape index (κ1) is 13.8. The van der Waals surface area contributed by atoms with Crippen molar-refractivity contribution in [2.75, 3.05) is 5.43 Å². The maximum Gasteiger partial charge on any atom is 0.304 e. The number of benzene rings is 1. The van der Waals surface area contributed by atoms with Crippen LogP contribution in [0.5, 0.6) is 0 Å². The Morgan fingerprint density at radius 2 is 2.14 bits per heavy atom. The van der Waals surface area contributed by atoms with Crippen molar-refractivity contribution in [3.8, 4) is 0 Å². The summed E-state index contributed by atoms with van der Waals surface area (Å²) in [6, 6.07) is 11.7. The van der Waals surface area contributed by atoms with Gasteiger partial charge in [0.05, 0.1) is 17.8 Å². The van der Waals surface area contributed by atoms with Crippen LogP contribution in [0.2, 0.25) is 0 Å². The molecule has 3 rings (SSSR count). The first-order chi connectivity index (χ1) is 10.2. The summed E-state index contributed by atoms with van der Waals surface area (Å²) in [4.78, 5) is 12.4. The van der Waals surface area contributed by atoms with Gasteiger partial charge in [0.1, 0.15) is 0 Å². The number of nitrogens with zero attached hydrogens (tertiary/aromatic N) is 1. The highest BCUT2D eigenvalue weighted by molar-refractivity contribution is 7.10. The number of para-hydroxylation sites is 1. The Kier molecular flexibility index (Phi) is 4.01. The molecular weight excluding hydrogens is 284 g/mol. The number of hydrogen-bond donors (Lipinski definition) is 2. The first-order valence-corrected chi connectivity index (χ1v) is 7.79. The highest BCUT2D eigenvalue weighted by Crippen LogP contribution is 2.32. The zero-order valence-corrected chi connectivity index (χ0v) is 12.3. The largest absolute Gasteiger partial charge is 0.481 e. The number of carbonyl (C=O) groups is 1. The van der Waals surface area contributed by atoms with Gasteiger partial charge in [0.2, 0.25) is 0 Å². The molecule has 21 heavy (non-hydrogen) atoms. The summed E-state index contributed by atoms with van der Waals surface area (Å²) in [7, 11) is 0. The molecule has 0 bridgehead atoms. The number of thiophene rings is 1. The van der Waals surface area contributed by atoms with Gasteiger partial charge >= 0.3 is 5.97 Å². The van der Waals surface area contributed by atoms with Gasteiger partial charge in [-0.1, -0.05) is 18.2 Å². The van der Waals surface area contributed by atoms with Crippen LogP contribution in [0.4, 0.5) is 5.69 Å². The number of aliphatic carboxylic acids is 1. The third-order valence-corrected chi connectivity index (χ3v) is 4.61. The average Bonchev–Trinajstić information content (AvgIpc) is 2.95. The van der Waals surface area contributed by atoms with E-state index in [9.17, 15) is 4.79 Å². The molecule has 4 nitrogen and oxygen atoms in total. The number of hydrogen-bond acceptors (Lipinski definition) is 4. The lowest BCUT2D eigenvalue weighted by molar-refractivity contribution is -0.137. The van der Waals surface area contributed by atoms with E-state index >= 15 is 0 Å². The second kappa shape index (κ2) is 6.10. The van der Waals surface area contributed by atoms with Crippen molar-refractivity contribution in [3.63, 3.8) is 0 Å². The molecular formula is C16H16N2O2S. The number of carboxylic acids is 1. The Balaban J connectivity index is 1.89. The third-order valence-electron chi connectivity index (χ3n) is 3.63. The van der Waals surface area contributed by atoms with Crippen LogP contribution in [0.1, 0.15) is 23.3 Å². The first-order valence-electron chi connectivity index (χ1n) is 6.91. The maximum absolute atomic E-state index is 11.1. The van der Waals surface area contributed by atoms with Crippen LogP contribution in [0.25, 0.3) is 0 Å². The van der Waals surface area contributed by atoms with Gasteiger partial charge in [-0.05, 0) is 36.4 Å². The summed E-state index contributed by atoms with van der Waals surface area (Å²) < 4.78 is 0. The van der Waals surface area contributed by atoms with Gasteiger partial charge in [0.25, 0.3) is 0 Å². The van der Waals surface area contributed by atoms with Crippen LogP contribution in [0.3, 0.4) is 0 Å². The fraction of sp³-hybridized carbons (Fsp3) is 0.250. The van der Waals surface area contributed by atoms with Gasteiger partial charge in [0.15, 0.2) is 0 Å². The van der Waals surface area contributed by atoms with Crippen molar-refractivity contribution in [2.45, 2.75) is 19.3 Å². The summed E-state index contributed by atoms with van der Waals surface area (Å²) in [5.41, 5.74) is 5.91. The quantitative estimate of drug-likeness (QED) is 0.848. The van der Waals surface area contributed by atoms with Crippen molar-refractivity contribution >= 4 is 28.7 Å². The lowest BCUT2D eigenvalue weighted by Crippen LogP contribution is -2.25. The number of rotatable bonds is 4. The third kappa shape index (κ3) is 3.13. The zero-order valence-electron chi connectivity index (χ0n) is 11.5. The van der Waals surface area contributed by atoms with Crippen LogP contribution in [0, 0.1) is 5.92 Å². The minimum atomic E-state index is -0.772. The van der Waals surface area contributed by atoms with Crippen LogP contribution < -0.4 is 5.43 Å². The monoisotopic (exact) mass is 300 g/mol. The van der Waals surface area contributed by atoms with E-state index in [1.165, 1.54) is 4.88 Å². The van der Waals surface area contributed by atoms with Gasteiger partial charge in [-0.25, -0.2) is 0 Å². The van der Waals surface area contributed by atoms with Crippen molar-refractivity contribution in [1.29, 1.82) is 0 Å². The minimum absolute atomic E-state index is 0.0270. The molecule has 0 radical (unpaired) electrons. The molecule has 1 heterocycles. The van der Waals surface area contributed by atoms with E-state index in [0.29, 0.717) is 0 Å². The summed E-state index contributed by atoms with van der Waals surface area (Å²) in [5.74, 6) is -0.799. The molecule has 1 unspecified atom stereocenters. The molecule has 1 aromatic heterocycles. The van der Waals surface area contributed by atoms with Gasteiger partial charge in [-0.2, -0.15) is 5.10 Å². The number of nitrogens with one attached hydrogen (secondary N) is 1. The van der Waals surface area contributed by atoms with Crippen molar-refractivity contribution in [1.82, 2.24) is 0 Å². The Morgan fingerprint density at radius 3 is 2.90 bits per heavy atom. The Bertz CT molecular complexity index is 664. The molecule has 2 N–H and O–H groups in total. The predicted octanol–water partition coefficient (Wildman–Crippen LogP) is 3.60. The van der Waals surface area contributed by atoms with Gasteiger partial charge in [-0.3, -0.25) is 10.2 Å². The van der Waals surface area contributed by atoms with Crippen LogP contribution in [-0.4, -0.2) is 16.8 Å². The van der Waals surface area contributed by atoms with Crippen LogP contribution in [0.15, 0.2) is 46.9 Å². The van der Waals surface area contributed by atoms with E-state index in [4.69, 9.17) is 5.11 Å². The van der Waals surface area contributed by atoms with Gasteiger partial charge in [0, 0.05) is 16.4 Å². The van der Waals surface area contributed by atoms with Crippen molar-refractivity contribution < 1.29 is 9.90 Å². The Hall–Kier alpha value is -2.14. The Labute approximate surface area is 127 Å². The molecule has 0 saturated heterocycles. The maximum atomic E-state index is 11.1. The molecule has 108 valence electrons. The van der Waals surface area contributed by atoms with Crippen molar-refractivity contribution in [2.24, 2.45) is 11.0 Å². The van der Waals surface area contributed by atoms with E-state index in [-0.39, 0.29) is 12.3 Å². The highest BCUT2D eigenvalue weighted by Gasteiger charge is 2.28. The summed E-state index contributed by atoms with van der Waals surface area (Å²) in [5, 5.41) is 15.7. The van der Waals surface area contributed by atoms with E-state index < -0.39 is 5.97 Å². The van der Waals surface area contributed by atoms with E-state index in [1.54, 1.807) is 11.3 Å². The van der Waals surface area contributed by atoms with E-state index in [2.05, 4.69) is 10.5 Å². The second-order valence-corrected chi connectivity index (χ2v) is 6.07. The smallest absolute Gasteiger partial charge is 0.304 e.